The van der Waals surface area contributed by atoms with Crippen LogP contribution in [0.4, 0.5) is 8.78 Å². The van der Waals surface area contributed by atoms with Gasteiger partial charge in [0.05, 0.1) is 16.6 Å². The third-order valence-electron chi connectivity index (χ3n) is 2.41. The number of aryl methyl sites for hydroxylation is 1. The molecule has 1 aromatic heterocycles. The van der Waals surface area contributed by atoms with E-state index in [-0.39, 0.29) is 10.9 Å². The Balaban J connectivity index is 2.28. The van der Waals surface area contributed by atoms with Crippen LogP contribution >= 0.6 is 27.3 Å². The molecule has 1 aromatic carbocycles. The highest BCUT2D eigenvalue weighted by Crippen LogP contribution is 2.33. The molecule has 0 amide bonds. The van der Waals surface area contributed by atoms with E-state index in [1.54, 1.807) is 5.38 Å². The van der Waals surface area contributed by atoms with Crippen LogP contribution in [0.5, 0.6) is 0 Å². The molecule has 0 atom stereocenters. The zero-order chi connectivity index (χ0) is 14.0. The van der Waals surface area contributed by atoms with Crippen molar-refractivity contribution in [3.8, 4) is 10.6 Å². The molecule has 0 saturated carbocycles. The number of carboxylic acid groups (broad SMARTS) is 1. The molecule has 0 spiro atoms. The number of carbonyl (C=O) groups is 1. The molecule has 3 nitrogen and oxygen atoms in total. The van der Waals surface area contributed by atoms with Gasteiger partial charge in [0.1, 0.15) is 5.01 Å². The molecule has 100 valence electrons. The van der Waals surface area contributed by atoms with E-state index >= 15 is 0 Å². The normalized spacial score (nSPS) is 10.7. The first-order valence-electron chi connectivity index (χ1n) is 5.29. The Bertz CT molecular complexity index is 630. The maximum absolute atomic E-state index is 13.4. The minimum absolute atomic E-state index is 0.0118. The summed E-state index contributed by atoms with van der Waals surface area (Å²) < 4.78 is 26.4. The van der Waals surface area contributed by atoms with Gasteiger partial charge in [0, 0.05) is 17.4 Å². The number of halogens is 3. The first-order valence-corrected chi connectivity index (χ1v) is 6.96. The lowest BCUT2D eigenvalue weighted by atomic mass is 10.2. The maximum Gasteiger partial charge on any atom is 0.303 e. The lowest BCUT2D eigenvalue weighted by molar-refractivity contribution is -0.136. The number of aliphatic carboxylic acids is 1. The van der Waals surface area contributed by atoms with Crippen LogP contribution in [0.15, 0.2) is 22.0 Å². The zero-order valence-corrected chi connectivity index (χ0v) is 11.9. The summed E-state index contributed by atoms with van der Waals surface area (Å²) in [6.07, 6.45) is 0.301. The Morgan fingerprint density at radius 1 is 1.42 bits per heavy atom. The van der Waals surface area contributed by atoms with Gasteiger partial charge in [0.25, 0.3) is 0 Å². The summed E-state index contributed by atoms with van der Waals surface area (Å²) in [6.45, 7) is 0. The molecule has 0 fully saturated rings. The lowest BCUT2D eigenvalue weighted by Gasteiger charge is -2.02. The quantitative estimate of drug-likeness (QED) is 0.854. The van der Waals surface area contributed by atoms with Crippen molar-refractivity contribution in [3.05, 3.63) is 39.3 Å². The molecule has 7 heteroatoms. The highest BCUT2D eigenvalue weighted by molar-refractivity contribution is 9.10. The zero-order valence-electron chi connectivity index (χ0n) is 9.49. The first-order chi connectivity index (χ1) is 8.99. The van der Waals surface area contributed by atoms with Crippen molar-refractivity contribution in [2.75, 3.05) is 0 Å². The molecule has 0 aliphatic rings. The molecular formula is C12H8BrF2NO2S. The fourth-order valence-electron chi connectivity index (χ4n) is 1.47. The SMILES string of the molecule is O=C(O)CCc1csc(-c2ccc(F)c(F)c2Br)n1. The first kappa shape index (κ1) is 14.1. The van der Waals surface area contributed by atoms with Crippen LogP contribution in [0.3, 0.4) is 0 Å². The molecule has 2 rings (SSSR count). The third kappa shape index (κ3) is 3.16. The van der Waals surface area contributed by atoms with Crippen LogP contribution in [0.1, 0.15) is 12.1 Å². The number of hydrogen-bond donors (Lipinski definition) is 1. The van der Waals surface area contributed by atoms with Gasteiger partial charge in [-0.2, -0.15) is 0 Å². The Morgan fingerprint density at radius 3 is 2.84 bits per heavy atom. The number of hydrogen-bond acceptors (Lipinski definition) is 3. The van der Waals surface area contributed by atoms with Crippen molar-refractivity contribution < 1.29 is 18.7 Å². The van der Waals surface area contributed by atoms with E-state index in [0.717, 1.165) is 6.07 Å². The molecule has 0 radical (unpaired) electrons. The number of carboxylic acids is 1. The lowest BCUT2D eigenvalue weighted by Crippen LogP contribution is -1.97. The summed E-state index contributed by atoms with van der Waals surface area (Å²) in [5.74, 6) is -2.79. The Morgan fingerprint density at radius 2 is 2.16 bits per heavy atom. The van der Waals surface area contributed by atoms with Crippen LogP contribution < -0.4 is 0 Å². The number of nitrogens with zero attached hydrogens (tertiary/aromatic N) is 1. The van der Waals surface area contributed by atoms with Crippen molar-refractivity contribution in [1.29, 1.82) is 0 Å². The number of benzene rings is 1. The third-order valence-corrected chi connectivity index (χ3v) is 4.11. The van der Waals surface area contributed by atoms with Crippen molar-refractivity contribution in [3.63, 3.8) is 0 Å². The molecule has 1 N–H and O–H groups in total. The van der Waals surface area contributed by atoms with Crippen LogP contribution in [0.2, 0.25) is 0 Å². The van der Waals surface area contributed by atoms with Crippen molar-refractivity contribution in [1.82, 2.24) is 4.98 Å². The van der Waals surface area contributed by atoms with E-state index < -0.39 is 17.6 Å². The van der Waals surface area contributed by atoms with Crippen molar-refractivity contribution in [2.45, 2.75) is 12.8 Å². The summed E-state index contributed by atoms with van der Waals surface area (Å²) in [5, 5.41) is 10.8. The maximum atomic E-state index is 13.4. The largest absolute Gasteiger partial charge is 0.481 e. The van der Waals surface area contributed by atoms with Gasteiger partial charge in [-0.15, -0.1) is 11.3 Å². The van der Waals surface area contributed by atoms with Gasteiger partial charge in [-0.3, -0.25) is 4.79 Å². The van der Waals surface area contributed by atoms with E-state index in [4.69, 9.17) is 5.11 Å². The molecular weight excluding hydrogens is 340 g/mol. The van der Waals surface area contributed by atoms with Gasteiger partial charge in [0.15, 0.2) is 11.6 Å². The number of thiazole rings is 1. The second kappa shape index (κ2) is 5.75. The number of rotatable bonds is 4. The fourth-order valence-corrected chi connectivity index (χ4v) is 3.00. The molecule has 0 unspecified atom stereocenters. The predicted octanol–water partition coefficient (Wildman–Crippen LogP) is 3.87. The Kier molecular flexibility index (Phi) is 4.26. The average molecular weight is 348 g/mol. The van der Waals surface area contributed by atoms with Crippen molar-refractivity contribution in [2.24, 2.45) is 0 Å². The molecule has 0 bridgehead atoms. The Hall–Kier alpha value is -1.34. The van der Waals surface area contributed by atoms with Gasteiger partial charge in [0.2, 0.25) is 0 Å². The summed E-state index contributed by atoms with van der Waals surface area (Å²) in [5.41, 5.74) is 1.07. The summed E-state index contributed by atoms with van der Waals surface area (Å²) in [7, 11) is 0. The molecule has 0 saturated heterocycles. The van der Waals surface area contributed by atoms with Gasteiger partial charge >= 0.3 is 5.97 Å². The minimum atomic E-state index is -0.959. The predicted molar refractivity (Wildman–Crippen MR) is 71.1 cm³/mol. The van der Waals surface area contributed by atoms with E-state index in [9.17, 15) is 13.6 Å². The molecule has 19 heavy (non-hydrogen) atoms. The molecule has 1 heterocycles. The van der Waals surface area contributed by atoms with E-state index in [1.807, 2.05) is 0 Å². The van der Waals surface area contributed by atoms with Gasteiger partial charge < -0.3 is 5.11 Å². The number of aromatic nitrogens is 1. The van der Waals surface area contributed by atoms with Crippen LogP contribution in [0.25, 0.3) is 10.6 Å². The van der Waals surface area contributed by atoms with E-state index in [0.29, 0.717) is 22.7 Å². The van der Waals surface area contributed by atoms with E-state index in [2.05, 4.69) is 20.9 Å². The van der Waals surface area contributed by atoms with Crippen LogP contribution in [-0.4, -0.2) is 16.1 Å². The second-order valence-corrected chi connectivity index (χ2v) is 5.41. The van der Waals surface area contributed by atoms with Crippen molar-refractivity contribution >= 4 is 33.2 Å². The topological polar surface area (TPSA) is 50.2 Å². The minimum Gasteiger partial charge on any atom is -0.481 e. The summed E-state index contributed by atoms with van der Waals surface area (Å²) >= 11 is 4.26. The van der Waals surface area contributed by atoms with Crippen LogP contribution in [-0.2, 0) is 11.2 Å². The Labute approximate surface area is 120 Å². The fraction of sp³-hybridized carbons (Fsp3) is 0.167. The molecule has 0 aliphatic heterocycles. The standard InChI is InChI=1S/C12H8BrF2NO2S/c13-10-7(2-3-8(14)11(10)15)12-16-6(5-19-12)1-4-9(17)18/h2-3,5H,1,4H2,(H,17,18). The average Bonchev–Trinajstić information content (AvgIpc) is 2.82. The van der Waals surface area contributed by atoms with Crippen LogP contribution in [0, 0.1) is 11.6 Å². The second-order valence-electron chi connectivity index (χ2n) is 3.76. The summed E-state index contributed by atoms with van der Waals surface area (Å²) in [6, 6.07) is 2.47. The highest BCUT2D eigenvalue weighted by atomic mass is 79.9. The molecule has 2 aromatic rings. The van der Waals surface area contributed by atoms with E-state index in [1.165, 1.54) is 17.4 Å². The smallest absolute Gasteiger partial charge is 0.303 e. The van der Waals surface area contributed by atoms with Gasteiger partial charge in [-0.05, 0) is 28.1 Å². The summed E-state index contributed by atoms with van der Waals surface area (Å²) in [4.78, 5) is 14.7. The van der Waals surface area contributed by atoms with Gasteiger partial charge in [-0.1, -0.05) is 0 Å². The monoisotopic (exact) mass is 347 g/mol. The highest BCUT2D eigenvalue weighted by Gasteiger charge is 2.15. The van der Waals surface area contributed by atoms with Gasteiger partial charge in [-0.25, -0.2) is 13.8 Å². The molecule has 0 aliphatic carbocycles.